The van der Waals surface area contributed by atoms with Gasteiger partial charge in [0.1, 0.15) is 0 Å². The highest BCUT2D eigenvalue weighted by molar-refractivity contribution is 6.30. The number of halogens is 1. The molecular weight excluding hydrogens is 226 g/mol. The molecule has 0 bridgehead atoms. The molecule has 16 heavy (non-hydrogen) atoms. The first-order valence-corrected chi connectivity index (χ1v) is 5.31. The second-order valence-corrected chi connectivity index (χ2v) is 3.80. The van der Waals surface area contributed by atoms with Crippen LogP contribution >= 0.6 is 11.6 Å². The third-order valence-corrected chi connectivity index (χ3v) is 2.35. The van der Waals surface area contributed by atoms with E-state index in [1.165, 1.54) is 11.0 Å². The second kappa shape index (κ2) is 6.30. The number of aliphatic hydroxyl groups is 1. The fourth-order valence-electron chi connectivity index (χ4n) is 1.13. The zero-order chi connectivity index (χ0) is 12.0. The van der Waals surface area contributed by atoms with Crippen LogP contribution in [0.1, 0.15) is 5.56 Å². The van der Waals surface area contributed by atoms with Gasteiger partial charge in [-0.2, -0.15) is 0 Å². The van der Waals surface area contributed by atoms with Crippen molar-refractivity contribution in [2.75, 3.05) is 20.2 Å². The fourth-order valence-corrected chi connectivity index (χ4v) is 1.25. The molecule has 0 spiro atoms. The van der Waals surface area contributed by atoms with E-state index in [9.17, 15) is 4.79 Å². The molecule has 1 aromatic rings. The number of carbonyl (C=O) groups excluding carboxylic acids is 1. The maximum atomic E-state index is 11.5. The first-order chi connectivity index (χ1) is 7.63. The molecule has 0 aliphatic rings. The molecule has 0 atom stereocenters. The summed E-state index contributed by atoms with van der Waals surface area (Å²) in [7, 11) is 1.64. The SMILES string of the molecule is CN(CCO)C(=O)/C=C/c1ccc(Cl)cc1. The molecule has 3 nitrogen and oxygen atoms in total. The van der Waals surface area contributed by atoms with E-state index in [4.69, 9.17) is 16.7 Å². The van der Waals surface area contributed by atoms with E-state index in [0.717, 1.165) is 5.56 Å². The summed E-state index contributed by atoms with van der Waals surface area (Å²) in [5, 5.41) is 9.34. The van der Waals surface area contributed by atoms with Crippen molar-refractivity contribution in [3.63, 3.8) is 0 Å². The Morgan fingerprint density at radius 2 is 2.06 bits per heavy atom. The van der Waals surface area contributed by atoms with Crippen LogP contribution in [0.25, 0.3) is 6.08 Å². The zero-order valence-corrected chi connectivity index (χ0v) is 9.81. The number of hydrogen-bond acceptors (Lipinski definition) is 2. The molecule has 0 aliphatic carbocycles. The van der Waals surface area contributed by atoms with E-state index in [1.54, 1.807) is 25.3 Å². The smallest absolute Gasteiger partial charge is 0.246 e. The molecule has 86 valence electrons. The molecule has 0 heterocycles. The summed E-state index contributed by atoms with van der Waals surface area (Å²) in [5.41, 5.74) is 0.912. The molecule has 0 saturated carbocycles. The van der Waals surface area contributed by atoms with E-state index in [-0.39, 0.29) is 12.5 Å². The molecule has 0 saturated heterocycles. The highest BCUT2D eigenvalue weighted by Crippen LogP contribution is 2.10. The number of benzene rings is 1. The summed E-state index contributed by atoms with van der Waals surface area (Å²) >= 11 is 5.74. The number of amides is 1. The second-order valence-electron chi connectivity index (χ2n) is 3.37. The maximum absolute atomic E-state index is 11.5. The largest absolute Gasteiger partial charge is 0.395 e. The van der Waals surface area contributed by atoms with Crippen LogP contribution in [0.2, 0.25) is 5.02 Å². The summed E-state index contributed by atoms with van der Waals surface area (Å²) in [4.78, 5) is 12.9. The number of carbonyl (C=O) groups is 1. The Kier molecular flexibility index (Phi) is 5.02. The third kappa shape index (κ3) is 4.04. The van der Waals surface area contributed by atoms with Gasteiger partial charge in [0.05, 0.1) is 6.61 Å². The van der Waals surface area contributed by atoms with Crippen molar-refractivity contribution < 1.29 is 9.90 Å². The summed E-state index contributed by atoms with van der Waals surface area (Å²) in [6.45, 7) is 0.306. The van der Waals surface area contributed by atoms with Crippen LogP contribution in [0.4, 0.5) is 0 Å². The minimum Gasteiger partial charge on any atom is -0.395 e. The predicted molar refractivity (Wildman–Crippen MR) is 65.2 cm³/mol. The van der Waals surface area contributed by atoms with Crippen LogP contribution in [0.5, 0.6) is 0 Å². The van der Waals surface area contributed by atoms with Crippen molar-refractivity contribution in [3.8, 4) is 0 Å². The Balaban J connectivity index is 2.59. The van der Waals surface area contributed by atoms with Crippen molar-refractivity contribution in [3.05, 3.63) is 40.9 Å². The lowest BCUT2D eigenvalue weighted by molar-refractivity contribution is -0.125. The van der Waals surface area contributed by atoms with E-state index in [0.29, 0.717) is 11.6 Å². The summed E-state index contributed by atoms with van der Waals surface area (Å²) in [6, 6.07) is 7.20. The Bertz CT molecular complexity index is 373. The first kappa shape index (κ1) is 12.7. The van der Waals surface area contributed by atoms with Crippen LogP contribution in [0, 0.1) is 0 Å². The minimum atomic E-state index is -0.135. The lowest BCUT2D eigenvalue weighted by Gasteiger charge is -2.12. The highest BCUT2D eigenvalue weighted by Gasteiger charge is 2.02. The van der Waals surface area contributed by atoms with Crippen molar-refractivity contribution in [1.29, 1.82) is 0 Å². The Morgan fingerprint density at radius 3 is 2.62 bits per heavy atom. The van der Waals surface area contributed by atoms with Crippen molar-refractivity contribution in [2.45, 2.75) is 0 Å². The minimum absolute atomic E-state index is 0.0307. The standard InChI is InChI=1S/C12H14ClNO2/c1-14(8-9-15)12(16)7-4-10-2-5-11(13)6-3-10/h2-7,15H,8-9H2,1H3/b7-4+. The van der Waals surface area contributed by atoms with E-state index in [1.807, 2.05) is 12.1 Å². The molecule has 0 aliphatic heterocycles. The topological polar surface area (TPSA) is 40.5 Å². The Morgan fingerprint density at radius 1 is 1.44 bits per heavy atom. The van der Waals surface area contributed by atoms with Gasteiger partial charge in [0.25, 0.3) is 0 Å². The molecule has 0 aromatic heterocycles. The van der Waals surface area contributed by atoms with Gasteiger partial charge in [-0.1, -0.05) is 23.7 Å². The molecule has 1 rings (SSSR count). The van der Waals surface area contributed by atoms with Crippen molar-refractivity contribution >= 4 is 23.6 Å². The molecule has 0 fully saturated rings. The maximum Gasteiger partial charge on any atom is 0.246 e. The van der Waals surface area contributed by atoms with Gasteiger partial charge in [0.15, 0.2) is 0 Å². The molecule has 0 radical (unpaired) electrons. The van der Waals surface area contributed by atoms with Gasteiger partial charge in [-0.15, -0.1) is 0 Å². The number of rotatable bonds is 4. The molecule has 1 amide bonds. The van der Waals surface area contributed by atoms with Crippen molar-refractivity contribution in [2.24, 2.45) is 0 Å². The molecule has 0 unspecified atom stereocenters. The van der Waals surface area contributed by atoms with Crippen LogP contribution in [0.15, 0.2) is 30.3 Å². The molecule has 1 N–H and O–H groups in total. The van der Waals surface area contributed by atoms with E-state index >= 15 is 0 Å². The molecule has 1 aromatic carbocycles. The van der Waals surface area contributed by atoms with Gasteiger partial charge in [0, 0.05) is 24.7 Å². The highest BCUT2D eigenvalue weighted by atomic mass is 35.5. The van der Waals surface area contributed by atoms with Gasteiger partial charge < -0.3 is 10.0 Å². The lowest BCUT2D eigenvalue weighted by Crippen LogP contribution is -2.27. The van der Waals surface area contributed by atoms with Crippen molar-refractivity contribution in [1.82, 2.24) is 4.90 Å². The number of nitrogens with zero attached hydrogens (tertiary/aromatic N) is 1. The monoisotopic (exact) mass is 239 g/mol. The van der Waals surface area contributed by atoms with E-state index < -0.39 is 0 Å². The van der Waals surface area contributed by atoms with Gasteiger partial charge in [-0.05, 0) is 23.8 Å². The molecular formula is C12H14ClNO2. The number of aliphatic hydroxyl groups excluding tert-OH is 1. The van der Waals surface area contributed by atoms with Gasteiger partial charge in [-0.25, -0.2) is 0 Å². The van der Waals surface area contributed by atoms with E-state index in [2.05, 4.69) is 0 Å². The number of hydrogen-bond donors (Lipinski definition) is 1. The third-order valence-electron chi connectivity index (χ3n) is 2.10. The predicted octanol–water partition coefficient (Wildman–Crippen LogP) is 1.80. The number of likely N-dealkylation sites (N-methyl/N-ethyl adjacent to an activating group) is 1. The summed E-state index contributed by atoms with van der Waals surface area (Å²) < 4.78 is 0. The van der Waals surface area contributed by atoms with Gasteiger partial charge >= 0.3 is 0 Å². The van der Waals surface area contributed by atoms with Crippen LogP contribution in [0.3, 0.4) is 0 Å². The van der Waals surface area contributed by atoms with Crippen LogP contribution in [-0.2, 0) is 4.79 Å². The zero-order valence-electron chi connectivity index (χ0n) is 9.06. The fraction of sp³-hybridized carbons (Fsp3) is 0.250. The van der Waals surface area contributed by atoms with Gasteiger partial charge in [-0.3, -0.25) is 4.79 Å². The Labute approximate surface area is 100.0 Å². The average molecular weight is 240 g/mol. The van der Waals surface area contributed by atoms with Gasteiger partial charge in [0.2, 0.25) is 5.91 Å². The van der Waals surface area contributed by atoms with Crippen LogP contribution < -0.4 is 0 Å². The van der Waals surface area contributed by atoms with Crippen LogP contribution in [-0.4, -0.2) is 36.1 Å². The summed E-state index contributed by atoms with van der Waals surface area (Å²) in [6.07, 6.45) is 3.19. The summed E-state index contributed by atoms with van der Waals surface area (Å²) in [5.74, 6) is -0.135. The Hall–Kier alpha value is -1.32. The lowest BCUT2D eigenvalue weighted by atomic mass is 10.2. The quantitative estimate of drug-likeness (QED) is 0.814. The normalized spacial score (nSPS) is 10.7. The average Bonchev–Trinajstić information content (AvgIpc) is 2.28. The molecule has 4 heteroatoms. The first-order valence-electron chi connectivity index (χ1n) is 4.93.